The molecule has 0 amide bonds. The number of alkyl halides is 3. The highest BCUT2D eigenvalue weighted by Gasteiger charge is 2.50. The van der Waals surface area contributed by atoms with Crippen LogP contribution in [0.3, 0.4) is 0 Å². The first kappa shape index (κ1) is 34.6. The minimum absolute atomic E-state index is 0.137. The molecule has 10 heteroatoms. The standard InChI is InChI=1S/C39H35ClF3NO5/c40-31-21-19-30(20-22-31)35-38(49-34-18-10-17-33(44-34)39(41,42)43)37(47-25-29-15-8-3-9-16-29)36(46-24-28-13-6-2-7-14-28)32(48-35)26-45-23-27-11-4-1-5-12-27/h1-22,32,35-38H,23-26H2/t32-,35-,36+,37+,38+/m1/s1. The summed E-state index contributed by atoms with van der Waals surface area (Å²) >= 11 is 6.25. The smallest absolute Gasteiger partial charge is 0.433 e. The first-order valence-corrected chi connectivity index (χ1v) is 16.3. The van der Waals surface area contributed by atoms with E-state index in [0.29, 0.717) is 17.2 Å². The summed E-state index contributed by atoms with van der Waals surface area (Å²) in [6.45, 7) is 0.867. The Labute approximate surface area is 288 Å². The monoisotopic (exact) mass is 689 g/mol. The van der Waals surface area contributed by atoms with E-state index < -0.39 is 42.4 Å². The third kappa shape index (κ3) is 9.47. The maximum absolute atomic E-state index is 13.7. The van der Waals surface area contributed by atoms with Crippen molar-refractivity contribution in [3.8, 4) is 5.88 Å². The van der Waals surface area contributed by atoms with Crippen LogP contribution >= 0.6 is 11.6 Å². The summed E-state index contributed by atoms with van der Waals surface area (Å²) in [6, 6.07) is 39.6. The molecule has 2 heterocycles. The molecular weight excluding hydrogens is 655 g/mol. The van der Waals surface area contributed by atoms with Gasteiger partial charge in [0, 0.05) is 11.1 Å². The van der Waals surface area contributed by atoms with E-state index in [1.54, 1.807) is 24.3 Å². The second-order valence-corrected chi connectivity index (χ2v) is 12.0. The number of nitrogens with zero attached hydrogens (tertiary/aromatic N) is 1. The second kappa shape index (κ2) is 16.4. The number of hydrogen-bond acceptors (Lipinski definition) is 6. The van der Waals surface area contributed by atoms with E-state index in [9.17, 15) is 13.2 Å². The lowest BCUT2D eigenvalue weighted by Crippen LogP contribution is -2.59. The molecule has 0 N–H and O–H groups in total. The van der Waals surface area contributed by atoms with Gasteiger partial charge in [-0.3, -0.25) is 0 Å². The van der Waals surface area contributed by atoms with Crippen LogP contribution in [0.25, 0.3) is 0 Å². The number of pyridine rings is 1. The average Bonchev–Trinajstić information content (AvgIpc) is 3.12. The van der Waals surface area contributed by atoms with Gasteiger partial charge in [-0.25, -0.2) is 4.98 Å². The Hall–Kier alpha value is -4.25. The van der Waals surface area contributed by atoms with Crippen molar-refractivity contribution in [2.45, 2.75) is 56.5 Å². The molecule has 5 atom stereocenters. The Kier molecular flexibility index (Phi) is 11.6. The fourth-order valence-electron chi connectivity index (χ4n) is 5.67. The molecule has 1 aromatic heterocycles. The van der Waals surface area contributed by atoms with Crippen LogP contribution in [0.4, 0.5) is 13.2 Å². The molecule has 0 radical (unpaired) electrons. The molecule has 4 aromatic carbocycles. The molecule has 5 aromatic rings. The molecule has 1 aliphatic heterocycles. The van der Waals surface area contributed by atoms with E-state index in [4.69, 9.17) is 35.3 Å². The van der Waals surface area contributed by atoms with E-state index in [0.717, 1.165) is 22.8 Å². The van der Waals surface area contributed by atoms with Gasteiger partial charge in [-0.1, -0.05) is 121 Å². The molecule has 0 aliphatic carbocycles. The lowest BCUT2D eigenvalue weighted by molar-refractivity contribution is -0.258. The Balaban J connectivity index is 1.38. The van der Waals surface area contributed by atoms with Crippen LogP contribution in [-0.4, -0.2) is 36.0 Å². The van der Waals surface area contributed by atoms with Crippen LogP contribution in [-0.2, 0) is 44.9 Å². The van der Waals surface area contributed by atoms with Crippen molar-refractivity contribution in [2.75, 3.05) is 6.61 Å². The minimum Gasteiger partial charge on any atom is -0.468 e. The minimum atomic E-state index is -4.66. The Morgan fingerprint density at radius 1 is 0.612 bits per heavy atom. The molecule has 0 unspecified atom stereocenters. The largest absolute Gasteiger partial charge is 0.468 e. The highest BCUT2D eigenvalue weighted by atomic mass is 35.5. The fraction of sp³-hybridized carbons (Fsp3) is 0.256. The Morgan fingerprint density at radius 2 is 1.16 bits per heavy atom. The SMILES string of the molecule is FC(F)(F)c1cccc(O[C@@H]2[C@@H](OCc3ccccc3)[C@@H](OCc3ccccc3)[C@@H](COCc3ccccc3)O[C@@H]2c2ccc(Cl)cc2)n1. The van der Waals surface area contributed by atoms with Gasteiger partial charge < -0.3 is 23.7 Å². The molecule has 49 heavy (non-hydrogen) atoms. The maximum atomic E-state index is 13.7. The normalized spacial score (nSPS) is 20.9. The first-order valence-electron chi connectivity index (χ1n) is 15.9. The van der Waals surface area contributed by atoms with Gasteiger partial charge in [0.05, 0.1) is 26.4 Å². The van der Waals surface area contributed by atoms with Gasteiger partial charge in [0.1, 0.15) is 30.1 Å². The predicted molar refractivity (Wildman–Crippen MR) is 179 cm³/mol. The zero-order chi connectivity index (χ0) is 34.1. The van der Waals surface area contributed by atoms with Crippen molar-refractivity contribution in [2.24, 2.45) is 0 Å². The number of halogens is 4. The van der Waals surface area contributed by atoms with E-state index in [1.165, 1.54) is 12.1 Å². The van der Waals surface area contributed by atoms with E-state index in [1.807, 2.05) is 91.0 Å². The van der Waals surface area contributed by atoms with Gasteiger partial charge in [-0.15, -0.1) is 0 Å². The van der Waals surface area contributed by atoms with Crippen LogP contribution in [0.5, 0.6) is 5.88 Å². The summed E-state index contributed by atoms with van der Waals surface area (Å²) < 4.78 is 73.8. The van der Waals surface area contributed by atoms with Gasteiger partial charge in [-0.05, 0) is 40.5 Å². The molecule has 0 saturated carbocycles. The molecule has 0 bridgehead atoms. The van der Waals surface area contributed by atoms with E-state index >= 15 is 0 Å². The fourth-order valence-corrected chi connectivity index (χ4v) is 5.79. The van der Waals surface area contributed by atoms with Crippen LogP contribution in [0.15, 0.2) is 133 Å². The predicted octanol–water partition coefficient (Wildman–Crippen LogP) is 9.03. The molecule has 0 spiro atoms. The highest BCUT2D eigenvalue weighted by Crippen LogP contribution is 2.39. The van der Waals surface area contributed by atoms with Gasteiger partial charge in [0.15, 0.2) is 6.10 Å². The van der Waals surface area contributed by atoms with Crippen molar-refractivity contribution < 1.29 is 36.9 Å². The zero-order valence-corrected chi connectivity index (χ0v) is 27.2. The topological polar surface area (TPSA) is 59.0 Å². The molecular formula is C39H35ClF3NO5. The van der Waals surface area contributed by atoms with Crippen molar-refractivity contribution in [1.82, 2.24) is 4.98 Å². The number of hydrogen-bond donors (Lipinski definition) is 0. The van der Waals surface area contributed by atoms with Gasteiger partial charge in [-0.2, -0.15) is 13.2 Å². The number of benzene rings is 4. The maximum Gasteiger partial charge on any atom is 0.433 e. The number of rotatable bonds is 13. The summed E-state index contributed by atoms with van der Waals surface area (Å²) in [5, 5.41) is 0.514. The third-order valence-corrected chi connectivity index (χ3v) is 8.32. The summed E-state index contributed by atoms with van der Waals surface area (Å²) in [4.78, 5) is 3.81. The molecule has 1 aliphatic rings. The number of ether oxygens (including phenoxy) is 5. The Bertz CT molecular complexity index is 1730. The lowest BCUT2D eigenvalue weighted by atomic mass is 9.90. The quantitative estimate of drug-likeness (QED) is 0.123. The van der Waals surface area contributed by atoms with Gasteiger partial charge in [0.25, 0.3) is 0 Å². The van der Waals surface area contributed by atoms with Crippen molar-refractivity contribution in [3.63, 3.8) is 0 Å². The summed E-state index contributed by atoms with van der Waals surface area (Å²) in [6.07, 6.45) is -8.76. The number of aromatic nitrogens is 1. The molecule has 1 saturated heterocycles. The molecule has 1 fully saturated rings. The van der Waals surface area contributed by atoms with Crippen LogP contribution in [0.1, 0.15) is 34.1 Å². The van der Waals surface area contributed by atoms with Gasteiger partial charge in [0.2, 0.25) is 5.88 Å². The van der Waals surface area contributed by atoms with E-state index in [2.05, 4.69) is 4.98 Å². The third-order valence-electron chi connectivity index (χ3n) is 8.07. The average molecular weight is 690 g/mol. The van der Waals surface area contributed by atoms with Gasteiger partial charge >= 0.3 is 6.18 Å². The summed E-state index contributed by atoms with van der Waals surface area (Å²) in [5.41, 5.74) is 2.42. The van der Waals surface area contributed by atoms with Crippen LogP contribution in [0, 0.1) is 0 Å². The van der Waals surface area contributed by atoms with Crippen molar-refractivity contribution in [3.05, 3.63) is 166 Å². The van der Waals surface area contributed by atoms with Crippen LogP contribution < -0.4 is 4.74 Å². The summed E-state index contributed by atoms with van der Waals surface area (Å²) in [7, 11) is 0. The molecule has 254 valence electrons. The van der Waals surface area contributed by atoms with Crippen molar-refractivity contribution in [1.29, 1.82) is 0 Å². The zero-order valence-electron chi connectivity index (χ0n) is 26.4. The molecule has 6 nitrogen and oxygen atoms in total. The summed E-state index contributed by atoms with van der Waals surface area (Å²) in [5.74, 6) is -0.226. The lowest BCUT2D eigenvalue weighted by Gasteiger charge is -2.46. The molecule has 6 rings (SSSR count). The second-order valence-electron chi connectivity index (χ2n) is 11.6. The van der Waals surface area contributed by atoms with Crippen LogP contribution in [0.2, 0.25) is 5.02 Å². The Morgan fingerprint density at radius 3 is 1.73 bits per heavy atom. The first-order chi connectivity index (χ1) is 23.8. The highest BCUT2D eigenvalue weighted by molar-refractivity contribution is 6.30. The van der Waals surface area contributed by atoms with Crippen molar-refractivity contribution >= 4 is 11.6 Å². The van der Waals surface area contributed by atoms with E-state index in [-0.39, 0.29) is 25.7 Å².